The van der Waals surface area contributed by atoms with E-state index in [2.05, 4.69) is 40.4 Å². The van der Waals surface area contributed by atoms with E-state index in [-0.39, 0.29) is 6.04 Å². The monoisotopic (exact) mass is 263 g/mol. The van der Waals surface area contributed by atoms with Gasteiger partial charge in [0.05, 0.1) is 0 Å². The Morgan fingerprint density at radius 1 is 1.42 bits per heavy atom. The van der Waals surface area contributed by atoms with Gasteiger partial charge in [0.15, 0.2) is 0 Å². The van der Waals surface area contributed by atoms with Crippen molar-refractivity contribution in [1.82, 2.24) is 20.2 Å². The van der Waals surface area contributed by atoms with Crippen molar-refractivity contribution in [1.29, 1.82) is 0 Å². The summed E-state index contributed by atoms with van der Waals surface area (Å²) in [4.78, 5) is 9.20. The minimum atomic E-state index is 0.223. The maximum Gasteiger partial charge on any atom is 0.0433 e. The van der Waals surface area contributed by atoms with E-state index in [0.29, 0.717) is 6.04 Å². The SMILES string of the molecule is CN1CCCN(C)C(C(Cc2ccccn2)NN)C1. The van der Waals surface area contributed by atoms with E-state index in [1.54, 1.807) is 0 Å². The third-order valence-electron chi connectivity index (χ3n) is 3.95. The molecule has 1 aliphatic rings. The van der Waals surface area contributed by atoms with E-state index in [4.69, 9.17) is 5.84 Å². The fourth-order valence-electron chi connectivity index (χ4n) is 2.79. The van der Waals surface area contributed by atoms with Crippen molar-refractivity contribution in [3.63, 3.8) is 0 Å². The predicted octanol–water partition coefficient (Wildman–Crippen LogP) is 0.0919. The summed E-state index contributed by atoms with van der Waals surface area (Å²) in [7, 11) is 4.37. The number of hydrazine groups is 1. The van der Waals surface area contributed by atoms with Gasteiger partial charge in [-0.1, -0.05) is 6.07 Å². The molecule has 0 spiro atoms. The van der Waals surface area contributed by atoms with Crippen molar-refractivity contribution in [2.24, 2.45) is 5.84 Å². The van der Waals surface area contributed by atoms with Crippen LogP contribution in [0.25, 0.3) is 0 Å². The molecule has 0 bridgehead atoms. The lowest BCUT2D eigenvalue weighted by Gasteiger charge is -2.34. The molecule has 19 heavy (non-hydrogen) atoms. The molecule has 1 fully saturated rings. The molecule has 0 amide bonds. The van der Waals surface area contributed by atoms with Crippen LogP contribution in [0.5, 0.6) is 0 Å². The molecule has 0 aliphatic carbocycles. The van der Waals surface area contributed by atoms with Gasteiger partial charge in [-0.15, -0.1) is 0 Å². The highest BCUT2D eigenvalue weighted by Gasteiger charge is 2.28. The Bertz CT molecular complexity index is 369. The van der Waals surface area contributed by atoms with Gasteiger partial charge in [0, 0.05) is 36.9 Å². The lowest BCUT2D eigenvalue weighted by Crippen LogP contribution is -2.55. The first-order chi connectivity index (χ1) is 9.20. The smallest absolute Gasteiger partial charge is 0.0433 e. The van der Waals surface area contributed by atoms with Gasteiger partial charge in [0.2, 0.25) is 0 Å². The van der Waals surface area contributed by atoms with E-state index >= 15 is 0 Å². The third kappa shape index (κ3) is 3.98. The van der Waals surface area contributed by atoms with Crippen molar-refractivity contribution >= 4 is 0 Å². The number of hydrogen-bond acceptors (Lipinski definition) is 5. The molecule has 2 heterocycles. The first-order valence-electron chi connectivity index (χ1n) is 6.95. The molecule has 2 rings (SSSR count). The number of aromatic nitrogens is 1. The van der Waals surface area contributed by atoms with Crippen LogP contribution >= 0.6 is 0 Å². The van der Waals surface area contributed by atoms with Gasteiger partial charge in [-0.2, -0.15) is 0 Å². The Balaban J connectivity index is 2.06. The zero-order valence-electron chi connectivity index (χ0n) is 11.9. The third-order valence-corrected chi connectivity index (χ3v) is 3.95. The quantitative estimate of drug-likeness (QED) is 0.596. The lowest BCUT2D eigenvalue weighted by atomic mass is 10.0. The van der Waals surface area contributed by atoms with Crippen LogP contribution in [0.2, 0.25) is 0 Å². The van der Waals surface area contributed by atoms with E-state index < -0.39 is 0 Å². The van der Waals surface area contributed by atoms with Crippen LogP contribution in [-0.2, 0) is 6.42 Å². The predicted molar refractivity (Wildman–Crippen MR) is 77.6 cm³/mol. The number of pyridine rings is 1. The molecule has 5 heteroatoms. The molecule has 3 N–H and O–H groups in total. The van der Waals surface area contributed by atoms with Gasteiger partial charge >= 0.3 is 0 Å². The average Bonchev–Trinajstić information content (AvgIpc) is 2.59. The minimum absolute atomic E-state index is 0.223. The Hall–Kier alpha value is -1.01. The summed E-state index contributed by atoms with van der Waals surface area (Å²) < 4.78 is 0. The number of nitrogens with zero attached hydrogens (tertiary/aromatic N) is 3. The summed E-state index contributed by atoms with van der Waals surface area (Å²) in [6, 6.07) is 6.67. The summed E-state index contributed by atoms with van der Waals surface area (Å²) in [6.45, 7) is 3.31. The van der Waals surface area contributed by atoms with Crippen LogP contribution < -0.4 is 11.3 Å². The van der Waals surface area contributed by atoms with Gasteiger partial charge in [-0.3, -0.25) is 16.3 Å². The Labute approximate surface area is 115 Å². The Kier molecular flexibility index (Phi) is 5.27. The zero-order chi connectivity index (χ0) is 13.7. The van der Waals surface area contributed by atoms with Crippen LogP contribution in [0.1, 0.15) is 12.1 Å². The van der Waals surface area contributed by atoms with E-state index in [0.717, 1.165) is 31.7 Å². The maximum absolute atomic E-state index is 5.79. The van der Waals surface area contributed by atoms with Gasteiger partial charge in [0.1, 0.15) is 0 Å². The lowest BCUT2D eigenvalue weighted by molar-refractivity contribution is 0.177. The van der Waals surface area contributed by atoms with Crippen LogP contribution in [0.4, 0.5) is 0 Å². The second-order valence-corrected chi connectivity index (χ2v) is 5.46. The molecule has 1 aromatic rings. The molecule has 0 radical (unpaired) electrons. The molecule has 1 aromatic heterocycles. The van der Waals surface area contributed by atoms with Crippen molar-refractivity contribution in [2.75, 3.05) is 33.7 Å². The number of nitrogens with two attached hydrogens (primary N) is 1. The molecule has 106 valence electrons. The molecule has 1 aliphatic heterocycles. The topological polar surface area (TPSA) is 57.4 Å². The van der Waals surface area contributed by atoms with E-state index in [1.165, 1.54) is 6.42 Å². The average molecular weight is 263 g/mol. The number of likely N-dealkylation sites (N-methyl/N-ethyl adjacent to an activating group) is 2. The molecular weight excluding hydrogens is 238 g/mol. The minimum Gasteiger partial charge on any atom is -0.305 e. The van der Waals surface area contributed by atoms with Gasteiger partial charge in [-0.05, 0) is 45.7 Å². The summed E-state index contributed by atoms with van der Waals surface area (Å²) in [5, 5.41) is 0. The number of nitrogens with one attached hydrogen (secondary N) is 1. The maximum atomic E-state index is 5.79. The second kappa shape index (κ2) is 6.96. The molecule has 0 aromatic carbocycles. The first-order valence-corrected chi connectivity index (χ1v) is 6.95. The molecular formula is C14H25N5. The van der Waals surface area contributed by atoms with Crippen LogP contribution in [0.15, 0.2) is 24.4 Å². The van der Waals surface area contributed by atoms with Crippen molar-refractivity contribution in [3.05, 3.63) is 30.1 Å². The largest absolute Gasteiger partial charge is 0.305 e. The Morgan fingerprint density at radius 3 is 2.95 bits per heavy atom. The molecule has 1 saturated heterocycles. The number of hydrogen-bond donors (Lipinski definition) is 2. The molecule has 2 atom stereocenters. The summed E-state index contributed by atoms with van der Waals surface area (Å²) >= 11 is 0. The highest BCUT2D eigenvalue weighted by molar-refractivity contribution is 5.06. The van der Waals surface area contributed by atoms with Crippen molar-refractivity contribution in [2.45, 2.75) is 24.9 Å². The summed E-state index contributed by atoms with van der Waals surface area (Å²) in [5.74, 6) is 5.79. The van der Waals surface area contributed by atoms with E-state index in [9.17, 15) is 0 Å². The first kappa shape index (κ1) is 14.4. The fourth-order valence-corrected chi connectivity index (χ4v) is 2.79. The van der Waals surface area contributed by atoms with Crippen molar-refractivity contribution in [3.8, 4) is 0 Å². The standard InChI is InChI=1S/C14H25N5/c1-18-8-5-9-19(2)14(11-18)13(17-15)10-12-6-3-4-7-16-12/h3-4,6-7,13-14,17H,5,8-11,15H2,1-2H3. The number of rotatable bonds is 4. The fraction of sp³-hybridized carbons (Fsp3) is 0.643. The molecule has 0 saturated carbocycles. The summed E-state index contributed by atoms with van der Waals surface area (Å²) in [5.41, 5.74) is 4.08. The van der Waals surface area contributed by atoms with Crippen molar-refractivity contribution < 1.29 is 0 Å². The molecule has 2 unspecified atom stereocenters. The summed E-state index contributed by atoms with van der Waals surface area (Å²) in [6.07, 6.45) is 3.91. The van der Waals surface area contributed by atoms with Crippen LogP contribution in [0.3, 0.4) is 0 Å². The second-order valence-electron chi connectivity index (χ2n) is 5.46. The Morgan fingerprint density at radius 2 is 2.26 bits per heavy atom. The van der Waals surface area contributed by atoms with Gasteiger partial charge in [0.25, 0.3) is 0 Å². The normalized spacial score (nSPS) is 24.1. The van der Waals surface area contributed by atoms with Gasteiger partial charge in [-0.25, -0.2) is 0 Å². The highest BCUT2D eigenvalue weighted by Crippen LogP contribution is 2.13. The zero-order valence-corrected chi connectivity index (χ0v) is 11.9. The van der Waals surface area contributed by atoms with Gasteiger partial charge < -0.3 is 9.80 Å². The van der Waals surface area contributed by atoms with Crippen LogP contribution in [-0.4, -0.2) is 60.6 Å². The highest BCUT2D eigenvalue weighted by atomic mass is 15.3. The van der Waals surface area contributed by atoms with E-state index in [1.807, 2.05) is 18.3 Å². The van der Waals surface area contributed by atoms with Crippen LogP contribution in [0, 0.1) is 0 Å². The molecule has 5 nitrogen and oxygen atoms in total.